The van der Waals surface area contributed by atoms with Crippen molar-refractivity contribution in [2.24, 2.45) is 5.73 Å². The largest absolute Gasteiger partial charge is 0.368 e. The van der Waals surface area contributed by atoms with Gasteiger partial charge in [-0.15, -0.1) is 0 Å². The molecule has 0 spiro atoms. The van der Waals surface area contributed by atoms with Crippen LogP contribution in [0.15, 0.2) is 59.5 Å². The maximum Gasteiger partial charge on any atom is 0.341 e. The molecule has 2 amide bonds. The number of nitrogens with two attached hydrogens (primary N) is 1. The fraction of sp³-hybridized carbons (Fsp3) is 0.125. The van der Waals surface area contributed by atoms with E-state index in [0.29, 0.717) is 5.56 Å². The molecule has 0 fully saturated rings. The van der Waals surface area contributed by atoms with Gasteiger partial charge < -0.3 is 11.1 Å². The van der Waals surface area contributed by atoms with Gasteiger partial charge in [0.1, 0.15) is 6.04 Å². The molecule has 0 aliphatic rings. The third-order valence-electron chi connectivity index (χ3n) is 3.37. The van der Waals surface area contributed by atoms with Crippen molar-refractivity contribution in [3.63, 3.8) is 0 Å². The monoisotopic (exact) mass is 368 g/mol. The Kier molecular flexibility index (Phi) is 5.48. The number of primary amides is 1. The van der Waals surface area contributed by atoms with Crippen molar-refractivity contribution in [2.75, 3.05) is 0 Å². The number of benzene rings is 2. The van der Waals surface area contributed by atoms with Crippen molar-refractivity contribution in [3.05, 3.63) is 65.7 Å². The molecule has 25 heavy (non-hydrogen) atoms. The lowest BCUT2D eigenvalue weighted by molar-refractivity contribution is -0.120. The van der Waals surface area contributed by atoms with E-state index in [-0.39, 0.29) is 5.56 Å². The van der Waals surface area contributed by atoms with Crippen LogP contribution in [0.2, 0.25) is 0 Å². The van der Waals surface area contributed by atoms with Crippen LogP contribution in [0.3, 0.4) is 0 Å². The standard InChI is InChI=1S/C16H14F2N2O4S/c17-16(18)25(23,24)12-8-6-11(7-9-12)15(22)20-13(14(19)21)10-4-2-1-3-5-10/h1-9,13,16H,(H2,19,21)(H,20,22). The first kappa shape index (κ1) is 18.5. The average Bonchev–Trinajstić information content (AvgIpc) is 2.59. The zero-order chi connectivity index (χ0) is 18.6. The first-order chi connectivity index (χ1) is 11.7. The number of halogens is 2. The second-order valence-electron chi connectivity index (χ2n) is 5.05. The van der Waals surface area contributed by atoms with Crippen LogP contribution in [0.1, 0.15) is 22.0 Å². The van der Waals surface area contributed by atoms with Crippen LogP contribution >= 0.6 is 0 Å². The van der Waals surface area contributed by atoms with Gasteiger partial charge in [0.2, 0.25) is 15.7 Å². The van der Waals surface area contributed by atoms with E-state index in [1.807, 2.05) is 0 Å². The van der Waals surface area contributed by atoms with Crippen molar-refractivity contribution < 1.29 is 26.8 Å². The Morgan fingerprint density at radius 1 is 0.960 bits per heavy atom. The van der Waals surface area contributed by atoms with Gasteiger partial charge in [0, 0.05) is 5.56 Å². The van der Waals surface area contributed by atoms with Crippen molar-refractivity contribution >= 4 is 21.7 Å². The second kappa shape index (κ2) is 7.39. The molecule has 1 unspecified atom stereocenters. The Bertz CT molecular complexity index is 869. The fourth-order valence-corrected chi connectivity index (χ4v) is 2.80. The Labute approximate surface area is 142 Å². The molecule has 132 valence electrons. The summed E-state index contributed by atoms with van der Waals surface area (Å²) in [5.41, 5.74) is 5.76. The second-order valence-corrected chi connectivity index (χ2v) is 6.97. The van der Waals surface area contributed by atoms with Gasteiger partial charge >= 0.3 is 5.76 Å². The summed E-state index contributed by atoms with van der Waals surface area (Å²) in [4.78, 5) is 23.2. The zero-order valence-corrected chi connectivity index (χ0v) is 13.5. The molecular weight excluding hydrogens is 354 g/mol. The molecule has 1 atom stereocenters. The quantitative estimate of drug-likeness (QED) is 0.808. The minimum absolute atomic E-state index is 0.00426. The molecule has 2 aromatic rings. The van der Waals surface area contributed by atoms with E-state index in [0.717, 1.165) is 24.3 Å². The van der Waals surface area contributed by atoms with E-state index < -0.39 is 38.3 Å². The zero-order valence-electron chi connectivity index (χ0n) is 12.7. The summed E-state index contributed by atoms with van der Waals surface area (Å²) in [6.45, 7) is 0. The molecule has 0 bridgehead atoms. The molecule has 2 rings (SSSR count). The number of amides is 2. The third kappa shape index (κ3) is 4.18. The molecular formula is C16H14F2N2O4S. The van der Waals surface area contributed by atoms with E-state index in [1.54, 1.807) is 30.3 Å². The normalized spacial score (nSPS) is 12.6. The van der Waals surface area contributed by atoms with Crippen LogP contribution in [-0.2, 0) is 14.6 Å². The number of nitrogens with one attached hydrogen (secondary N) is 1. The van der Waals surface area contributed by atoms with Gasteiger partial charge in [-0.25, -0.2) is 8.42 Å². The van der Waals surface area contributed by atoms with Crippen molar-refractivity contribution in [3.8, 4) is 0 Å². The van der Waals surface area contributed by atoms with E-state index in [1.165, 1.54) is 0 Å². The highest BCUT2D eigenvalue weighted by Crippen LogP contribution is 2.19. The van der Waals surface area contributed by atoms with Gasteiger partial charge in [0.05, 0.1) is 4.90 Å². The van der Waals surface area contributed by atoms with Gasteiger partial charge in [-0.1, -0.05) is 30.3 Å². The maximum absolute atomic E-state index is 12.5. The van der Waals surface area contributed by atoms with E-state index in [9.17, 15) is 26.8 Å². The van der Waals surface area contributed by atoms with Crippen LogP contribution in [0.5, 0.6) is 0 Å². The highest BCUT2D eigenvalue weighted by atomic mass is 32.2. The molecule has 6 nitrogen and oxygen atoms in total. The van der Waals surface area contributed by atoms with E-state index >= 15 is 0 Å². The van der Waals surface area contributed by atoms with Gasteiger partial charge in [-0.3, -0.25) is 9.59 Å². The predicted molar refractivity (Wildman–Crippen MR) is 85.5 cm³/mol. The predicted octanol–water partition coefficient (Wildman–Crippen LogP) is 1.64. The lowest BCUT2D eigenvalue weighted by atomic mass is 10.1. The topological polar surface area (TPSA) is 106 Å². The summed E-state index contributed by atoms with van der Waals surface area (Å²) in [5.74, 6) is -5.03. The molecule has 0 saturated heterocycles. The molecule has 0 heterocycles. The molecule has 0 aliphatic heterocycles. The van der Waals surface area contributed by atoms with Gasteiger partial charge in [-0.05, 0) is 29.8 Å². The number of alkyl halides is 2. The number of carbonyl (C=O) groups is 2. The molecule has 2 aromatic carbocycles. The summed E-state index contributed by atoms with van der Waals surface area (Å²) in [6.07, 6.45) is 0. The van der Waals surface area contributed by atoms with Gasteiger partial charge in [0.25, 0.3) is 5.91 Å². The first-order valence-corrected chi connectivity index (χ1v) is 8.55. The Balaban J connectivity index is 2.22. The van der Waals surface area contributed by atoms with Crippen LogP contribution in [-0.4, -0.2) is 26.0 Å². The summed E-state index contributed by atoms with van der Waals surface area (Å²) < 4.78 is 47.7. The number of hydrogen-bond acceptors (Lipinski definition) is 4. The SMILES string of the molecule is NC(=O)C(NC(=O)c1ccc(S(=O)(=O)C(F)F)cc1)c1ccccc1. The molecule has 0 aliphatic carbocycles. The summed E-state index contributed by atoms with van der Waals surface area (Å²) in [6, 6.07) is 11.1. The Morgan fingerprint density at radius 2 is 1.52 bits per heavy atom. The summed E-state index contributed by atoms with van der Waals surface area (Å²) in [5, 5.41) is 2.42. The van der Waals surface area contributed by atoms with E-state index in [4.69, 9.17) is 5.73 Å². The minimum Gasteiger partial charge on any atom is -0.368 e. The molecule has 0 radical (unpaired) electrons. The fourth-order valence-electron chi connectivity index (χ4n) is 2.08. The lowest BCUT2D eigenvalue weighted by Gasteiger charge is -2.16. The average molecular weight is 368 g/mol. The number of hydrogen-bond donors (Lipinski definition) is 2. The van der Waals surface area contributed by atoms with Crippen molar-refractivity contribution in [1.82, 2.24) is 5.32 Å². The highest BCUT2D eigenvalue weighted by Gasteiger charge is 2.27. The van der Waals surface area contributed by atoms with Crippen molar-refractivity contribution in [2.45, 2.75) is 16.7 Å². The van der Waals surface area contributed by atoms with Crippen LogP contribution < -0.4 is 11.1 Å². The Hall–Kier alpha value is -2.81. The van der Waals surface area contributed by atoms with E-state index in [2.05, 4.69) is 5.32 Å². The lowest BCUT2D eigenvalue weighted by Crippen LogP contribution is -2.37. The van der Waals surface area contributed by atoms with Crippen LogP contribution in [0.25, 0.3) is 0 Å². The third-order valence-corrected chi connectivity index (χ3v) is 4.77. The molecule has 0 aromatic heterocycles. The number of carbonyl (C=O) groups excluding carboxylic acids is 2. The van der Waals surface area contributed by atoms with Crippen LogP contribution in [0.4, 0.5) is 8.78 Å². The minimum atomic E-state index is -4.74. The molecule has 9 heteroatoms. The summed E-state index contributed by atoms with van der Waals surface area (Å²) in [7, 11) is -4.74. The highest BCUT2D eigenvalue weighted by molar-refractivity contribution is 7.91. The van der Waals surface area contributed by atoms with Crippen molar-refractivity contribution in [1.29, 1.82) is 0 Å². The number of sulfone groups is 1. The van der Waals surface area contributed by atoms with Gasteiger partial charge in [-0.2, -0.15) is 8.78 Å². The summed E-state index contributed by atoms with van der Waals surface area (Å²) >= 11 is 0. The van der Waals surface area contributed by atoms with Crippen LogP contribution in [0, 0.1) is 0 Å². The molecule has 3 N–H and O–H groups in total. The van der Waals surface area contributed by atoms with Gasteiger partial charge in [0.15, 0.2) is 0 Å². The Morgan fingerprint density at radius 3 is 2.00 bits per heavy atom. The maximum atomic E-state index is 12.5. The smallest absolute Gasteiger partial charge is 0.341 e. The first-order valence-electron chi connectivity index (χ1n) is 7.00. The molecule has 0 saturated carbocycles. The number of rotatable bonds is 6.